The molecule has 0 radical (unpaired) electrons. The number of rotatable bonds is 7. The van der Waals surface area contributed by atoms with Gasteiger partial charge >= 0.3 is 5.97 Å². The lowest BCUT2D eigenvalue weighted by molar-refractivity contribution is -0.137. The van der Waals surface area contributed by atoms with Crippen molar-refractivity contribution in [2.75, 3.05) is 0 Å². The first-order chi connectivity index (χ1) is 10.2. The monoisotopic (exact) mass is 280 g/mol. The van der Waals surface area contributed by atoms with Crippen LogP contribution in [0.25, 0.3) is 0 Å². The van der Waals surface area contributed by atoms with E-state index in [0.717, 1.165) is 0 Å². The zero-order chi connectivity index (χ0) is 15.8. The molecule has 0 aromatic carbocycles. The van der Waals surface area contributed by atoms with Gasteiger partial charge in [-0.15, -0.1) is 6.42 Å². The van der Waals surface area contributed by atoms with E-state index in [2.05, 4.69) is 41.4 Å². The molecule has 0 aromatic heterocycles. The minimum absolute atomic E-state index is 0.138. The molecule has 21 heavy (non-hydrogen) atoms. The number of hydrogen-bond donors (Lipinski definition) is 2. The number of carbonyl (C=O) groups is 1. The Hall–Kier alpha value is -2.85. The normalized spacial score (nSPS) is 10.5. The molecule has 2 N–H and O–H groups in total. The quantitative estimate of drug-likeness (QED) is 0.424. The average Bonchev–Trinajstić information content (AvgIpc) is 2.45. The largest absolute Gasteiger partial charge is 0.481 e. The average molecular weight is 280 g/mol. The first-order valence-electron chi connectivity index (χ1n) is 6.36. The molecule has 0 saturated heterocycles. The Bertz CT molecular complexity index is 599. The molecule has 0 amide bonds. The smallest absolute Gasteiger partial charge is 0.303 e. The molecule has 3 nitrogen and oxygen atoms in total. The van der Waals surface area contributed by atoms with Gasteiger partial charge in [0.15, 0.2) is 0 Å². The minimum Gasteiger partial charge on any atom is -0.481 e. The van der Waals surface area contributed by atoms with Crippen LogP contribution in [-0.4, -0.2) is 22.3 Å². The van der Waals surface area contributed by atoms with Gasteiger partial charge in [0.25, 0.3) is 0 Å². The number of unbranched alkanes of at least 4 members (excludes halogenated alkanes) is 1. The maximum Gasteiger partial charge on any atom is 0.303 e. The molecular formula is C18H16O3. The lowest BCUT2D eigenvalue weighted by Crippen LogP contribution is -2.02. The van der Waals surface area contributed by atoms with E-state index < -0.39 is 12.1 Å². The van der Waals surface area contributed by atoms with Gasteiger partial charge in [-0.2, -0.15) is 0 Å². The highest BCUT2D eigenvalue weighted by Crippen LogP contribution is 2.04. The Balaban J connectivity index is 3.90. The number of carboxylic acids is 1. The van der Waals surface area contributed by atoms with Crippen molar-refractivity contribution in [2.24, 2.45) is 0 Å². The lowest BCUT2D eigenvalue weighted by Gasteiger charge is -2.03. The number of terminal acetylenes is 1. The number of aliphatic hydroxyl groups is 1. The molecule has 0 aliphatic rings. The summed E-state index contributed by atoms with van der Waals surface area (Å²) < 4.78 is 0. The number of allylic oxidation sites excluding steroid dienone is 3. The van der Waals surface area contributed by atoms with Crippen molar-refractivity contribution in [3.8, 4) is 47.9 Å². The molecule has 0 heterocycles. The van der Waals surface area contributed by atoms with Gasteiger partial charge in [0, 0.05) is 6.42 Å². The van der Waals surface area contributed by atoms with Gasteiger partial charge in [0.2, 0.25) is 0 Å². The van der Waals surface area contributed by atoms with E-state index in [-0.39, 0.29) is 6.42 Å². The molecular weight excluding hydrogens is 264 g/mol. The van der Waals surface area contributed by atoms with Gasteiger partial charge in [-0.3, -0.25) is 4.79 Å². The van der Waals surface area contributed by atoms with Crippen molar-refractivity contribution in [3.63, 3.8) is 0 Å². The van der Waals surface area contributed by atoms with E-state index in [1.807, 2.05) is 0 Å². The van der Waals surface area contributed by atoms with E-state index in [0.29, 0.717) is 19.3 Å². The van der Waals surface area contributed by atoms with Crippen molar-refractivity contribution in [3.05, 3.63) is 24.3 Å². The van der Waals surface area contributed by atoms with Crippen LogP contribution in [-0.2, 0) is 4.79 Å². The molecule has 0 aromatic rings. The first kappa shape index (κ1) is 18.1. The zero-order valence-corrected chi connectivity index (χ0v) is 11.6. The molecule has 0 bridgehead atoms. The van der Waals surface area contributed by atoms with Crippen molar-refractivity contribution in [1.82, 2.24) is 0 Å². The zero-order valence-electron chi connectivity index (χ0n) is 11.6. The minimum atomic E-state index is -0.810. The number of hydrogen-bond acceptors (Lipinski definition) is 2. The second kappa shape index (κ2) is 13.6. The number of carboxylic acid groups (broad SMARTS) is 1. The number of aliphatic hydroxyl groups excluding tert-OH is 1. The highest BCUT2D eigenvalue weighted by Gasteiger charge is 2.00. The molecule has 0 rings (SSSR count). The Morgan fingerprint density at radius 3 is 2.52 bits per heavy atom. The van der Waals surface area contributed by atoms with E-state index in [1.165, 1.54) is 0 Å². The topological polar surface area (TPSA) is 57.5 Å². The van der Waals surface area contributed by atoms with Gasteiger partial charge < -0.3 is 10.2 Å². The third-order valence-electron chi connectivity index (χ3n) is 2.16. The third-order valence-corrected chi connectivity index (χ3v) is 2.16. The van der Waals surface area contributed by atoms with Gasteiger partial charge in [-0.1, -0.05) is 24.1 Å². The van der Waals surface area contributed by atoms with E-state index in [1.54, 1.807) is 24.3 Å². The molecule has 3 heteroatoms. The molecule has 0 spiro atoms. The van der Waals surface area contributed by atoms with Crippen molar-refractivity contribution < 1.29 is 15.0 Å². The standard InChI is InChI=1S/C18H16O3/c1-2-3-4-5-6-7-8-9-10-11-14-17(19)15-12-13-16-18(20)21/h1,9-11,14,17,19H,12-13,15-16H2,(H,20,21)/b10-9+,14-11+/t17-/m0/s1. The Morgan fingerprint density at radius 2 is 1.81 bits per heavy atom. The van der Waals surface area contributed by atoms with Crippen LogP contribution < -0.4 is 0 Å². The van der Waals surface area contributed by atoms with Crippen molar-refractivity contribution in [1.29, 1.82) is 0 Å². The second-order valence-electron chi connectivity index (χ2n) is 3.86. The second-order valence-corrected chi connectivity index (χ2v) is 3.86. The summed E-state index contributed by atoms with van der Waals surface area (Å²) in [6, 6.07) is 0. The summed E-state index contributed by atoms with van der Waals surface area (Å²) in [5, 5.41) is 18.0. The van der Waals surface area contributed by atoms with Gasteiger partial charge in [-0.05, 0) is 60.9 Å². The molecule has 106 valence electrons. The Morgan fingerprint density at radius 1 is 1.10 bits per heavy atom. The Kier molecular flexibility index (Phi) is 11.7. The maximum absolute atomic E-state index is 10.3. The third kappa shape index (κ3) is 15.1. The molecule has 0 aliphatic carbocycles. The van der Waals surface area contributed by atoms with Gasteiger partial charge in [0.1, 0.15) is 0 Å². The van der Waals surface area contributed by atoms with E-state index >= 15 is 0 Å². The lowest BCUT2D eigenvalue weighted by atomic mass is 10.1. The van der Waals surface area contributed by atoms with Gasteiger partial charge in [-0.25, -0.2) is 0 Å². The summed E-state index contributed by atoms with van der Waals surface area (Å²) in [4.78, 5) is 10.3. The van der Waals surface area contributed by atoms with Crippen LogP contribution in [0.4, 0.5) is 0 Å². The fraction of sp³-hybridized carbons (Fsp3) is 0.278. The van der Waals surface area contributed by atoms with Crippen LogP contribution in [0.1, 0.15) is 25.7 Å². The van der Waals surface area contributed by atoms with Crippen LogP contribution >= 0.6 is 0 Å². The molecule has 0 saturated carbocycles. The summed E-state index contributed by atoms with van der Waals surface area (Å²) in [5.74, 6) is 16.3. The first-order valence-corrected chi connectivity index (χ1v) is 6.36. The molecule has 1 atom stereocenters. The van der Waals surface area contributed by atoms with Gasteiger partial charge in [0.05, 0.1) is 6.10 Å². The summed E-state index contributed by atoms with van der Waals surface area (Å²) in [6.07, 6.45) is 12.9. The maximum atomic E-state index is 10.3. The number of aliphatic carboxylic acids is 1. The SMILES string of the molecule is C#CC#CC#CC#C/C=C/C=C/[C@H](O)CCCCC(=O)O. The molecule has 0 fully saturated rings. The summed E-state index contributed by atoms with van der Waals surface area (Å²) in [5.41, 5.74) is 0. The summed E-state index contributed by atoms with van der Waals surface area (Å²) in [7, 11) is 0. The highest BCUT2D eigenvalue weighted by atomic mass is 16.4. The predicted molar refractivity (Wildman–Crippen MR) is 82.6 cm³/mol. The van der Waals surface area contributed by atoms with Crippen molar-refractivity contribution in [2.45, 2.75) is 31.8 Å². The fourth-order valence-corrected chi connectivity index (χ4v) is 1.23. The van der Waals surface area contributed by atoms with Crippen LogP contribution in [0, 0.1) is 47.9 Å². The van der Waals surface area contributed by atoms with Crippen molar-refractivity contribution >= 4 is 5.97 Å². The van der Waals surface area contributed by atoms with Crippen LogP contribution in [0.2, 0.25) is 0 Å². The fourth-order valence-electron chi connectivity index (χ4n) is 1.23. The Labute approximate surface area is 125 Å². The summed E-state index contributed by atoms with van der Waals surface area (Å²) >= 11 is 0. The molecule has 0 aliphatic heterocycles. The van der Waals surface area contributed by atoms with Crippen LogP contribution in [0.15, 0.2) is 24.3 Å². The summed E-state index contributed by atoms with van der Waals surface area (Å²) in [6.45, 7) is 0. The van der Waals surface area contributed by atoms with E-state index in [9.17, 15) is 9.90 Å². The van der Waals surface area contributed by atoms with Crippen LogP contribution in [0.3, 0.4) is 0 Å². The highest BCUT2D eigenvalue weighted by molar-refractivity contribution is 5.66. The predicted octanol–water partition coefficient (Wildman–Crippen LogP) is 1.75. The van der Waals surface area contributed by atoms with Crippen LogP contribution in [0.5, 0.6) is 0 Å². The molecule has 0 unspecified atom stereocenters. The van der Waals surface area contributed by atoms with E-state index in [4.69, 9.17) is 11.5 Å².